The number of Topliss-reactive ketones (excluding diaryl/α,β-unsaturated/α-hetero) is 1. The third kappa shape index (κ3) is 4.51. The highest BCUT2D eigenvalue weighted by molar-refractivity contribution is 7.10. The minimum atomic E-state index is -0.641. The van der Waals surface area contributed by atoms with E-state index in [2.05, 4.69) is 4.90 Å². The number of ether oxygens (including phenoxy) is 2. The average Bonchev–Trinajstić information content (AvgIpc) is 3.42. The zero-order valence-electron chi connectivity index (χ0n) is 17.5. The molecule has 164 valence electrons. The van der Waals surface area contributed by atoms with E-state index in [1.165, 1.54) is 11.3 Å². The van der Waals surface area contributed by atoms with E-state index in [0.29, 0.717) is 17.9 Å². The SMILES string of the molecule is COc1ccc(/C(O)=C2/C(=O)C(=O)N(CCCN3CCOCC3)C2c2cccs2)cc1. The fourth-order valence-electron chi connectivity index (χ4n) is 4.05. The monoisotopic (exact) mass is 442 g/mol. The van der Waals surface area contributed by atoms with Gasteiger partial charge in [-0.2, -0.15) is 0 Å². The molecule has 1 aromatic carbocycles. The largest absolute Gasteiger partial charge is 0.507 e. The number of hydrogen-bond donors (Lipinski definition) is 1. The van der Waals surface area contributed by atoms with Crippen LogP contribution in [0, 0.1) is 0 Å². The van der Waals surface area contributed by atoms with Crippen molar-refractivity contribution >= 4 is 28.8 Å². The molecule has 0 spiro atoms. The number of carbonyl (C=O) groups is 2. The maximum absolute atomic E-state index is 13.0. The maximum atomic E-state index is 13.0. The van der Waals surface area contributed by atoms with Gasteiger partial charge in [0, 0.05) is 36.6 Å². The van der Waals surface area contributed by atoms with E-state index in [-0.39, 0.29) is 11.3 Å². The van der Waals surface area contributed by atoms with Crippen LogP contribution in [0.1, 0.15) is 22.9 Å². The number of aliphatic hydroxyl groups is 1. The summed E-state index contributed by atoms with van der Waals surface area (Å²) in [5.74, 6) is -0.710. The number of benzene rings is 1. The van der Waals surface area contributed by atoms with Gasteiger partial charge in [0.1, 0.15) is 11.5 Å². The Bertz CT molecular complexity index is 949. The predicted molar refractivity (Wildman–Crippen MR) is 118 cm³/mol. The van der Waals surface area contributed by atoms with E-state index in [9.17, 15) is 14.7 Å². The Kier molecular flexibility index (Phi) is 6.70. The number of morpholine rings is 1. The Balaban J connectivity index is 1.61. The lowest BCUT2D eigenvalue weighted by Crippen LogP contribution is -2.38. The molecule has 0 bridgehead atoms. The Labute approximate surface area is 185 Å². The van der Waals surface area contributed by atoms with E-state index in [1.807, 2.05) is 17.5 Å². The molecule has 3 heterocycles. The number of ketones is 1. The molecule has 2 saturated heterocycles. The quantitative estimate of drug-likeness (QED) is 0.404. The number of amides is 1. The molecular formula is C23H26N2O5S. The summed E-state index contributed by atoms with van der Waals surface area (Å²) in [4.78, 5) is 30.7. The highest BCUT2D eigenvalue weighted by atomic mass is 32.1. The second kappa shape index (κ2) is 9.64. The molecular weight excluding hydrogens is 416 g/mol. The lowest BCUT2D eigenvalue weighted by Gasteiger charge is -2.28. The van der Waals surface area contributed by atoms with Crippen LogP contribution in [0.3, 0.4) is 0 Å². The number of nitrogens with zero attached hydrogens (tertiary/aromatic N) is 2. The number of carbonyl (C=O) groups excluding carboxylic acids is 2. The molecule has 2 aromatic rings. The number of likely N-dealkylation sites (tertiary alicyclic amines) is 1. The van der Waals surface area contributed by atoms with Crippen LogP contribution >= 0.6 is 11.3 Å². The average molecular weight is 443 g/mol. The topological polar surface area (TPSA) is 79.3 Å². The molecule has 0 aliphatic carbocycles. The van der Waals surface area contributed by atoms with Crippen LogP contribution in [0.15, 0.2) is 47.4 Å². The molecule has 1 N–H and O–H groups in total. The third-order valence-corrected chi connectivity index (χ3v) is 6.62. The van der Waals surface area contributed by atoms with E-state index >= 15 is 0 Å². The van der Waals surface area contributed by atoms with Gasteiger partial charge in [0.2, 0.25) is 0 Å². The van der Waals surface area contributed by atoms with Crippen molar-refractivity contribution in [3.8, 4) is 5.75 Å². The smallest absolute Gasteiger partial charge is 0.295 e. The Hall–Kier alpha value is -2.68. The van der Waals surface area contributed by atoms with Crippen molar-refractivity contribution in [2.24, 2.45) is 0 Å². The number of methoxy groups -OCH3 is 1. The first-order valence-corrected chi connectivity index (χ1v) is 11.2. The van der Waals surface area contributed by atoms with Crippen LogP contribution in [-0.2, 0) is 14.3 Å². The first-order chi connectivity index (χ1) is 15.1. The second-order valence-electron chi connectivity index (χ2n) is 7.54. The van der Waals surface area contributed by atoms with Crippen LogP contribution in [0.5, 0.6) is 5.75 Å². The molecule has 2 aliphatic rings. The highest BCUT2D eigenvalue weighted by Gasteiger charge is 2.46. The molecule has 7 nitrogen and oxygen atoms in total. The van der Waals surface area contributed by atoms with Crippen molar-refractivity contribution in [3.05, 3.63) is 57.8 Å². The van der Waals surface area contributed by atoms with E-state index in [4.69, 9.17) is 9.47 Å². The predicted octanol–water partition coefficient (Wildman–Crippen LogP) is 2.90. The zero-order valence-corrected chi connectivity index (χ0v) is 18.3. The fraction of sp³-hybridized carbons (Fsp3) is 0.391. The first-order valence-electron chi connectivity index (χ1n) is 10.4. The molecule has 0 radical (unpaired) electrons. The van der Waals surface area contributed by atoms with Crippen LogP contribution < -0.4 is 4.74 Å². The molecule has 4 rings (SSSR count). The number of hydrogen-bond acceptors (Lipinski definition) is 7. The summed E-state index contributed by atoms with van der Waals surface area (Å²) < 4.78 is 10.5. The molecule has 1 amide bonds. The zero-order chi connectivity index (χ0) is 21.8. The summed E-state index contributed by atoms with van der Waals surface area (Å²) in [5.41, 5.74) is 0.623. The summed E-state index contributed by atoms with van der Waals surface area (Å²) >= 11 is 1.47. The standard InChI is InChI=1S/C23H26N2O5S/c1-29-17-7-5-16(6-8-17)21(26)19-20(18-4-2-15-31-18)25(23(28)22(19)27)10-3-9-24-11-13-30-14-12-24/h2,4-8,15,20,26H,3,9-14H2,1H3/b21-19-. The van der Waals surface area contributed by atoms with Crippen LogP contribution in [-0.4, -0.2) is 73.1 Å². The van der Waals surface area contributed by atoms with E-state index in [1.54, 1.807) is 36.3 Å². The molecule has 2 fully saturated rings. The van der Waals surface area contributed by atoms with Gasteiger partial charge in [0.05, 0.1) is 31.9 Å². The lowest BCUT2D eigenvalue weighted by molar-refractivity contribution is -0.140. The number of rotatable bonds is 7. The minimum Gasteiger partial charge on any atom is -0.507 e. The number of aliphatic hydroxyl groups excluding tert-OH is 1. The normalized spacial score (nSPS) is 21.6. The van der Waals surface area contributed by atoms with Crippen LogP contribution in [0.25, 0.3) is 5.76 Å². The van der Waals surface area contributed by atoms with Crippen molar-refractivity contribution in [3.63, 3.8) is 0 Å². The summed E-state index contributed by atoms with van der Waals surface area (Å²) in [5, 5.41) is 12.9. The van der Waals surface area contributed by atoms with Gasteiger partial charge in [-0.3, -0.25) is 14.5 Å². The molecule has 1 atom stereocenters. The first kappa shape index (κ1) is 21.5. The van der Waals surface area contributed by atoms with Crippen molar-refractivity contribution < 1.29 is 24.2 Å². The maximum Gasteiger partial charge on any atom is 0.295 e. The van der Waals surface area contributed by atoms with Gasteiger partial charge in [0.15, 0.2) is 0 Å². The summed E-state index contributed by atoms with van der Waals surface area (Å²) in [6.07, 6.45) is 0.747. The molecule has 1 unspecified atom stereocenters. The van der Waals surface area contributed by atoms with Crippen molar-refractivity contribution in [2.45, 2.75) is 12.5 Å². The molecule has 31 heavy (non-hydrogen) atoms. The van der Waals surface area contributed by atoms with Crippen LogP contribution in [0.4, 0.5) is 0 Å². The summed E-state index contributed by atoms with van der Waals surface area (Å²) in [6.45, 7) is 4.49. The van der Waals surface area contributed by atoms with Crippen molar-refractivity contribution in [1.29, 1.82) is 0 Å². The van der Waals surface area contributed by atoms with E-state index < -0.39 is 17.7 Å². The summed E-state index contributed by atoms with van der Waals surface area (Å²) in [7, 11) is 1.56. The molecule has 0 saturated carbocycles. The van der Waals surface area contributed by atoms with Gasteiger partial charge < -0.3 is 19.5 Å². The number of thiophene rings is 1. The van der Waals surface area contributed by atoms with Crippen molar-refractivity contribution in [2.75, 3.05) is 46.5 Å². The van der Waals surface area contributed by atoms with Crippen molar-refractivity contribution in [1.82, 2.24) is 9.80 Å². The van der Waals surface area contributed by atoms with Crippen LogP contribution in [0.2, 0.25) is 0 Å². The van der Waals surface area contributed by atoms with E-state index in [0.717, 1.165) is 44.1 Å². The highest BCUT2D eigenvalue weighted by Crippen LogP contribution is 2.41. The minimum absolute atomic E-state index is 0.143. The lowest BCUT2D eigenvalue weighted by atomic mass is 10.00. The van der Waals surface area contributed by atoms with Gasteiger partial charge in [-0.05, 0) is 42.1 Å². The summed E-state index contributed by atoms with van der Waals surface area (Å²) in [6, 6.07) is 10.0. The molecule has 8 heteroatoms. The fourth-order valence-corrected chi connectivity index (χ4v) is 4.89. The Morgan fingerprint density at radius 1 is 1.16 bits per heavy atom. The van der Waals surface area contributed by atoms with Gasteiger partial charge >= 0.3 is 0 Å². The van der Waals surface area contributed by atoms with Gasteiger partial charge in [-0.15, -0.1) is 11.3 Å². The Morgan fingerprint density at radius 2 is 1.90 bits per heavy atom. The van der Waals surface area contributed by atoms with Gasteiger partial charge in [-0.25, -0.2) is 0 Å². The Morgan fingerprint density at radius 3 is 2.55 bits per heavy atom. The van der Waals surface area contributed by atoms with Gasteiger partial charge in [0.25, 0.3) is 11.7 Å². The van der Waals surface area contributed by atoms with Gasteiger partial charge in [-0.1, -0.05) is 6.07 Å². The third-order valence-electron chi connectivity index (χ3n) is 5.69. The molecule has 1 aromatic heterocycles. The second-order valence-corrected chi connectivity index (χ2v) is 8.52. The molecule has 2 aliphatic heterocycles.